The first-order valence-corrected chi connectivity index (χ1v) is 8.62. The summed E-state index contributed by atoms with van der Waals surface area (Å²) in [5.74, 6) is 1.57. The molecule has 7 heteroatoms. The van der Waals surface area contributed by atoms with Crippen LogP contribution in [0.2, 0.25) is 5.02 Å². The Morgan fingerprint density at radius 2 is 2.00 bits per heavy atom. The molecule has 0 aromatic heterocycles. The van der Waals surface area contributed by atoms with Crippen LogP contribution in [0.5, 0.6) is 11.5 Å². The van der Waals surface area contributed by atoms with Crippen molar-refractivity contribution in [3.05, 3.63) is 22.7 Å². The normalized spacial score (nSPS) is 22.4. The zero-order valence-electron chi connectivity index (χ0n) is 13.6. The summed E-state index contributed by atoms with van der Waals surface area (Å²) in [6.07, 6.45) is 4.74. The van der Waals surface area contributed by atoms with Gasteiger partial charge in [0.2, 0.25) is 5.91 Å². The highest BCUT2D eigenvalue weighted by atomic mass is 35.5. The second-order valence-corrected chi connectivity index (χ2v) is 6.64. The average molecular weight is 375 g/mol. The molecule has 0 spiro atoms. The van der Waals surface area contributed by atoms with Crippen LogP contribution < -0.4 is 20.5 Å². The maximum atomic E-state index is 12.4. The second-order valence-electron chi connectivity index (χ2n) is 6.23. The van der Waals surface area contributed by atoms with Gasteiger partial charge in [0.15, 0.2) is 11.5 Å². The minimum absolute atomic E-state index is 0. The molecule has 2 atom stereocenters. The average Bonchev–Trinajstić information content (AvgIpc) is 2.55. The van der Waals surface area contributed by atoms with Crippen LogP contribution in [-0.2, 0) is 11.2 Å². The van der Waals surface area contributed by atoms with E-state index in [9.17, 15) is 4.79 Å². The maximum Gasteiger partial charge on any atom is 0.224 e. The molecule has 5 nitrogen and oxygen atoms in total. The Kier molecular flexibility index (Phi) is 7.02. The van der Waals surface area contributed by atoms with Gasteiger partial charge >= 0.3 is 0 Å². The fraction of sp³-hybridized carbons (Fsp3) is 0.588. The van der Waals surface area contributed by atoms with Crippen molar-refractivity contribution in [1.29, 1.82) is 0 Å². The number of fused-ring (bicyclic) bond motifs is 1. The molecule has 2 unspecified atom stereocenters. The fourth-order valence-electron chi connectivity index (χ4n) is 3.39. The van der Waals surface area contributed by atoms with Crippen LogP contribution in [0.1, 0.15) is 31.2 Å². The Morgan fingerprint density at radius 3 is 2.79 bits per heavy atom. The van der Waals surface area contributed by atoms with Gasteiger partial charge < -0.3 is 20.5 Å². The molecule has 1 aromatic rings. The van der Waals surface area contributed by atoms with Crippen LogP contribution in [0, 0.1) is 5.92 Å². The Labute approximate surface area is 153 Å². The van der Waals surface area contributed by atoms with Crippen molar-refractivity contribution < 1.29 is 14.3 Å². The quantitative estimate of drug-likeness (QED) is 0.849. The molecule has 0 radical (unpaired) electrons. The number of rotatable bonds is 4. The third-order valence-electron chi connectivity index (χ3n) is 4.58. The predicted octanol–water partition coefficient (Wildman–Crippen LogP) is 2.71. The van der Waals surface area contributed by atoms with Gasteiger partial charge in [0, 0.05) is 6.04 Å². The molecular weight excluding hydrogens is 351 g/mol. The first-order chi connectivity index (χ1) is 11.2. The van der Waals surface area contributed by atoms with Crippen molar-refractivity contribution in [2.45, 2.75) is 38.1 Å². The van der Waals surface area contributed by atoms with Crippen molar-refractivity contribution in [3.63, 3.8) is 0 Å². The largest absolute Gasteiger partial charge is 0.486 e. The molecule has 1 heterocycles. The minimum Gasteiger partial charge on any atom is -0.486 e. The minimum atomic E-state index is 0. The van der Waals surface area contributed by atoms with E-state index in [1.54, 1.807) is 6.07 Å². The van der Waals surface area contributed by atoms with Crippen LogP contribution in [-0.4, -0.2) is 31.7 Å². The molecule has 3 N–H and O–H groups in total. The third-order valence-corrected chi connectivity index (χ3v) is 4.86. The van der Waals surface area contributed by atoms with E-state index in [0.29, 0.717) is 42.2 Å². The second kappa shape index (κ2) is 8.79. The number of carbonyl (C=O) groups is 1. The summed E-state index contributed by atoms with van der Waals surface area (Å²) in [7, 11) is 0. The smallest absolute Gasteiger partial charge is 0.224 e. The van der Waals surface area contributed by atoms with E-state index in [0.717, 1.165) is 24.8 Å². The number of halogens is 2. The Bertz CT molecular complexity index is 583. The highest BCUT2D eigenvalue weighted by Crippen LogP contribution is 2.38. The Hall–Kier alpha value is -1.17. The number of amides is 1. The standard InChI is InChI=1S/C17H23ClN2O3.ClH/c18-13-7-11(8-15-17(13)23-6-5-22-15)9-16(21)20-14-4-2-1-3-12(14)10-19;/h7-8,12,14H,1-6,9-10,19H2,(H,20,21);1H. The lowest BCUT2D eigenvalue weighted by Crippen LogP contribution is -2.45. The summed E-state index contributed by atoms with van der Waals surface area (Å²) in [6.45, 7) is 1.62. The lowest BCUT2D eigenvalue weighted by Gasteiger charge is -2.31. The highest BCUT2D eigenvalue weighted by molar-refractivity contribution is 6.32. The Morgan fingerprint density at radius 1 is 1.25 bits per heavy atom. The van der Waals surface area contributed by atoms with Crippen molar-refractivity contribution >= 4 is 29.9 Å². The number of benzene rings is 1. The fourth-order valence-corrected chi connectivity index (χ4v) is 3.68. The monoisotopic (exact) mass is 374 g/mol. The Balaban J connectivity index is 0.00000208. The third kappa shape index (κ3) is 4.47. The van der Waals surface area contributed by atoms with Crippen molar-refractivity contribution in [3.8, 4) is 11.5 Å². The van der Waals surface area contributed by atoms with Gasteiger partial charge in [-0.3, -0.25) is 4.79 Å². The molecule has 1 aliphatic heterocycles. The van der Waals surface area contributed by atoms with Crippen molar-refractivity contribution in [2.24, 2.45) is 11.7 Å². The van der Waals surface area contributed by atoms with E-state index >= 15 is 0 Å². The van der Waals surface area contributed by atoms with E-state index in [2.05, 4.69) is 5.32 Å². The highest BCUT2D eigenvalue weighted by Gasteiger charge is 2.25. The molecule has 1 aliphatic carbocycles. The van der Waals surface area contributed by atoms with E-state index in [1.807, 2.05) is 6.07 Å². The van der Waals surface area contributed by atoms with E-state index in [-0.39, 0.29) is 30.8 Å². The van der Waals surface area contributed by atoms with Gasteiger partial charge in [-0.2, -0.15) is 0 Å². The summed E-state index contributed by atoms with van der Waals surface area (Å²) in [6, 6.07) is 3.80. The molecule has 0 bridgehead atoms. The molecule has 24 heavy (non-hydrogen) atoms. The number of nitrogens with one attached hydrogen (secondary N) is 1. The van der Waals surface area contributed by atoms with E-state index in [4.69, 9.17) is 26.8 Å². The van der Waals surface area contributed by atoms with Gasteiger partial charge in [-0.1, -0.05) is 24.4 Å². The summed E-state index contributed by atoms with van der Waals surface area (Å²) < 4.78 is 11.0. The molecule has 3 rings (SSSR count). The molecule has 0 saturated heterocycles. The first-order valence-electron chi connectivity index (χ1n) is 8.25. The van der Waals surface area contributed by atoms with Crippen LogP contribution >= 0.6 is 24.0 Å². The molecule has 1 amide bonds. The van der Waals surface area contributed by atoms with Crippen LogP contribution in [0.4, 0.5) is 0 Å². The topological polar surface area (TPSA) is 73.6 Å². The summed E-state index contributed by atoms with van der Waals surface area (Å²) >= 11 is 6.22. The van der Waals surface area contributed by atoms with Crippen molar-refractivity contribution in [2.75, 3.05) is 19.8 Å². The molecule has 134 valence electrons. The van der Waals surface area contributed by atoms with Crippen LogP contribution in [0.25, 0.3) is 0 Å². The number of carbonyl (C=O) groups excluding carboxylic acids is 1. The maximum absolute atomic E-state index is 12.4. The van der Waals surface area contributed by atoms with E-state index in [1.165, 1.54) is 6.42 Å². The predicted molar refractivity (Wildman–Crippen MR) is 96.3 cm³/mol. The molecule has 1 fully saturated rings. The van der Waals surface area contributed by atoms with Gasteiger partial charge in [-0.15, -0.1) is 12.4 Å². The number of hydrogen-bond acceptors (Lipinski definition) is 4. The summed E-state index contributed by atoms with van der Waals surface area (Å²) in [4.78, 5) is 12.4. The lowest BCUT2D eigenvalue weighted by molar-refractivity contribution is -0.121. The number of nitrogens with two attached hydrogens (primary N) is 1. The SMILES string of the molecule is Cl.NCC1CCCCC1NC(=O)Cc1cc(Cl)c2c(c1)OCCO2. The summed E-state index contributed by atoms with van der Waals surface area (Å²) in [5, 5.41) is 3.62. The van der Waals surface area contributed by atoms with Gasteiger partial charge in [-0.05, 0) is 43.0 Å². The molecular formula is C17H24Cl2N2O3. The summed E-state index contributed by atoms with van der Waals surface area (Å²) in [5.41, 5.74) is 6.65. The lowest BCUT2D eigenvalue weighted by atomic mass is 9.84. The van der Waals surface area contributed by atoms with Gasteiger partial charge in [0.25, 0.3) is 0 Å². The zero-order valence-corrected chi connectivity index (χ0v) is 15.1. The van der Waals surface area contributed by atoms with E-state index < -0.39 is 0 Å². The van der Waals surface area contributed by atoms with Crippen LogP contribution in [0.15, 0.2) is 12.1 Å². The zero-order chi connectivity index (χ0) is 16.2. The van der Waals surface area contributed by atoms with Crippen LogP contribution in [0.3, 0.4) is 0 Å². The molecule has 1 aromatic carbocycles. The first kappa shape index (κ1) is 19.2. The number of ether oxygens (including phenoxy) is 2. The van der Waals surface area contributed by atoms with Gasteiger partial charge in [0.05, 0.1) is 11.4 Å². The van der Waals surface area contributed by atoms with Gasteiger partial charge in [0.1, 0.15) is 13.2 Å². The number of hydrogen-bond donors (Lipinski definition) is 2. The van der Waals surface area contributed by atoms with Gasteiger partial charge in [-0.25, -0.2) is 0 Å². The molecule has 2 aliphatic rings. The van der Waals surface area contributed by atoms with Crippen molar-refractivity contribution in [1.82, 2.24) is 5.32 Å². The molecule has 1 saturated carbocycles.